The van der Waals surface area contributed by atoms with E-state index in [2.05, 4.69) is 44.2 Å². The quantitative estimate of drug-likeness (QED) is 0.768. The maximum absolute atomic E-state index is 4.47. The number of hydrogen-bond acceptors (Lipinski definition) is 2. The van der Waals surface area contributed by atoms with E-state index >= 15 is 0 Å². The van der Waals surface area contributed by atoms with Gasteiger partial charge in [0.1, 0.15) is 0 Å². The van der Waals surface area contributed by atoms with E-state index in [1.54, 1.807) is 0 Å². The summed E-state index contributed by atoms with van der Waals surface area (Å²) < 4.78 is 1.99. The molecule has 1 aromatic rings. The summed E-state index contributed by atoms with van der Waals surface area (Å²) in [5, 5.41) is 8.06. The van der Waals surface area contributed by atoms with Crippen molar-refractivity contribution in [2.45, 2.75) is 66.0 Å². The fraction of sp³-hybridized carbons (Fsp3) is 0.800. The molecule has 0 radical (unpaired) electrons. The van der Waals surface area contributed by atoms with Crippen molar-refractivity contribution in [1.29, 1.82) is 0 Å². The van der Waals surface area contributed by atoms with Crippen molar-refractivity contribution in [1.82, 2.24) is 15.1 Å². The van der Waals surface area contributed by atoms with Crippen LogP contribution in [0.3, 0.4) is 0 Å². The number of aromatic nitrogens is 2. The van der Waals surface area contributed by atoms with Crippen molar-refractivity contribution >= 4 is 0 Å². The third-order valence-corrected chi connectivity index (χ3v) is 3.44. The van der Waals surface area contributed by atoms with Crippen LogP contribution in [0.1, 0.15) is 58.3 Å². The van der Waals surface area contributed by atoms with Crippen molar-refractivity contribution in [2.75, 3.05) is 0 Å². The van der Waals surface area contributed by atoms with Crippen LogP contribution in [-0.4, -0.2) is 15.8 Å². The molecule has 0 aliphatic heterocycles. The minimum absolute atomic E-state index is 0.587. The van der Waals surface area contributed by atoms with E-state index in [4.69, 9.17) is 0 Å². The molecule has 1 heterocycles. The molecule has 0 amide bonds. The molecule has 1 rings (SSSR count). The van der Waals surface area contributed by atoms with Gasteiger partial charge in [0, 0.05) is 19.6 Å². The van der Waals surface area contributed by atoms with Gasteiger partial charge in [-0.3, -0.25) is 4.68 Å². The fourth-order valence-electron chi connectivity index (χ4n) is 2.12. The predicted octanol–water partition coefficient (Wildman–Crippen LogP) is 3.29. The average Bonchev–Trinajstić information content (AvgIpc) is 2.67. The smallest absolute Gasteiger partial charge is 0.0625 e. The maximum atomic E-state index is 4.47. The molecule has 0 aliphatic carbocycles. The normalized spacial score (nSPS) is 13.2. The molecule has 1 N–H and O–H groups in total. The lowest BCUT2D eigenvalue weighted by atomic mass is 10.0. The molecule has 1 atom stereocenters. The van der Waals surface area contributed by atoms with Gasteiger partial charge in [-0.1, -0.05) is 33.6 Å². The van der Waals surface area contributed by atoms with Crippen molar-refractivity contribution < 1.29 is 0 Å². The summed E-state index contributed by atoms with van der Waals surface area (Å²) in [7, 11) is 2.03. The third kappa shape index (κ3) is 5.21. The first kappa shape index (κ1) is 15.2. The molecule has 18 heavy (non-hydrogen) atoms. The highest BCUT2D eigenvalue weighted by Crippen LogP contribution is 2.09. The van der Waals surface area contributed by atoms with Gasteiger partial charge in [0.15, 0.2) is 0 Å². The minimum Gasteiger partial charge on any atom is -0.309 e. The highest BCUT2D eigenvalue weighted by atomic mass is 15.3. The lowest BCUT2D eigenvalue weighted by molar-refractivity contribution is 0.451. The van der Waals surface area contributed by atoms with E-state index in [1.165, 1.54) is 30.7 Å². The van der Waals surface area contributed by atoms with E-state index in [1.807, 2.05) is 11.7 Å². The molecule has 0 spiro atoms. The summed E-state index contributed by atoms with van der Waals surface area (Å²) in [6.45, 7) is 9.93. The Kier molecular flexibility index (Phi) is 6.41. The first-order valence-corrected chi connectivity index (χ1v) is 7.28. The Morgan fingerprint density at radius 2 is 2.00 bits per heavy atom. The summed E-state index contributed by atoms with van der Waals surface area (Å²) in [4.78, 5) is 0. The summed E-state index contributed by atoms with van der Waals surface area (Å²) in [6.07, 6.45) is 4.92. The van der Waals surface area contributed by atoms with Crippen LogP contribution in [0, 0.1) is 5.92 Å². The lowest BCUT2D eigenvalue weighted by Crippen LogP contribution is -2.26. The van der Waals surface area contributed by atoms with Gasteiger partial charge >= 0.3 is 0 Å². The van der Waals surface area contributed by atoms with Gasteiger partial charge in [-0.05, 0) is 31.7 Å². The number of nitrogens with one attached hydrogen (secondary N) is 1. The Hall–Kier alpha value is -0.830. The Bertz CT molecular complexity index is 342. The second-order valence-corrected chi connectivity index (χ2v) is 5.71. The summed E-state index contributed by atoms with van der Waals surface area (Å²) in [6, 6.07) is 2.79. The number of aryl methyl sites for hydroxylation is 2. The van der Waals surface area contributed by atoms with Crippen molar-refractivity contribution in [2.24, 2.45) is 13.0 Å². The van der Waals surface area contributed by atoms with Crippen LogP contribution in [-0.2, 0) is 20.0 Å². The molecular formula is C15H29N3. The SMILES string of the molecule is CCc1cc(CNC(C)CCCC(C)C)n(C)n1. The largest absolute Gasteiger partial charge is 0.309 e. The zero-order valence-corrected chi connectivity index (χ0v) is 12.7. The molecule has 1 unspecified atom stereocenters. The molecule has 0 fully saturated rings. The summed E-state index contributed by atoms with van der Waals surface area (Å²) in [5.41, 5.74) is 2.46. The van der Waals surface area contributed by atoms with Crippen LogP contribution in [0.25, 0.3) is 0 Å². The monoisotopic (exact) mass is 251 g/mol. The number of rotatable bonds is 8. The van der Waals surface area contributed by atoms with E-state index in [0.717, 1.165) is 18.9 Å². The molecular weight excluding hydrogens is 222 g/mol. The van der Waals surface area contributed by atoms with Gasteiger partial charge in [0.25, 0.3) is 0 Å². The third-order valence-electron chi connectivity index (χ3n) is 3.44. The van der Waals surface area contributed by atoms with Crippen LogP contribution in [0.5, 0.6) is 0 Å². The topological polar surface area (TPSA) is 29.9 Å². The van der Waals surface area contributed by atoms with E-state index in [9.17, 15) is 0 Å². The van der Waals surface area contributed by atoms with Gasteiger partial charge in [0.2, 0.25) is 0 Å². The van der Waals surface area contributed by atoms with Crippen LogP contribution in [0.4, 0.5) is 0 Å². The Morgan fingerprint density at radius 1 is 1.28 bits per heavy atom. The number of hydrogen-bond donors (Lipinski definition) is 1. The molecule has 3 heteroatoms. The Labute approximate surface area is 112 Å². The first-order chi connectivity index (χ1) is 8.52. The summed E-state index contributed by atoms with van der Waals surface area (Å²) >= 11 is 0. The Balaban J connectivity index is 2.28. The molecule has 104 valence electrons. The zero-order valence-electron chi connectivity index (χ0n) is 12.7. The highest BCUT2D eigenvalue weighted by Gasteiger charge is 2.06. The van der Waals surface area contributed by atoms with Gasteiger partial charge in [-0.25, -0.2) is 0 Å². The van der Waals surface area contributed by atoms with Crippen LogP contribution < -0.4 is 5.32 Å². The highest BCUT2D eigenvalue weighted by molar-refractivity contribution is 5.09. The van der Waals surface area contributed by atoms with Crippen LogP contribution in [0.15, 0.2) is 6.07 Å². The molecule has 0 bridgehead atoms. The molecule has 0 saturated carbocycles. The van der Waals surface area contributed by atoms with Gasteiger partial charge in [-0.15, -0.1) is 0 Å². The lowest BCUT2D eigenvalue weighted by Gasteiger charge is -2.14. The summed E-state index contributed by atoms with van der Waals surface area (Å²) in [5.74, 6) is 0.821. The van der Waals surface area contributed by atoms with Crippen molar-refractivity contribution in [3.63, 3.8) is 0 Å². The van der Waals surface area contributed by atoms with Crippen LogP contribution in [0.2, 0.25) is 0 Å². The molecule has 0 aliphatic rings. The van der Waals surface area contributed by atoms with E-state index < -0.39 is 0 Å². The second-order valence-electron chi connectivity index (χ2n) is 5.71. The second kappa shape index (κ2) is 7.57. The Morgan fingerprint density at radius 3 is 2.56 bits per heavy atom. The molecule has 0 aromatic carbocycles. The number of nitrogens with zero attached hydrogens (tertiary/aromatic N) is 2. The van der Waals surface area contributed by atoms with Gasteiger partial charge in [0.05, 0.1) is 11.4 Å². The maximum Gasteiger partial charge on any atom is 0.0625 e. The minimum atomic E-state index is 0.587. The molecule has 1 aromatic heterocycles. The fourth-order valence-corrected chi connectivity index (χ4v) is 2.12. The van der Waals surface area contributed by atoms with Gasteiger partial charge < -0.3 is 5.32 Å². The van der Waals surface area contributed by atoms with Gasteiger partial charge in [-0.2, -0.15) is 5.10 Å². The van der Waals surface area contributed by atoms with Crippen LogP contribution >= 0.6 is 0 Å². The first-order valence-electron chi connectivity index (χ1n) is 7.28. The predicted molar refractivity (Wildman–Crippen MR) is 77.6 cm³/mol. The van der Waals surface area contributed by atoms with Crippen molar-refractivity contribution in [3.05, 3.63) is 17.5 Å². The van der Waals surface area contributed by atoms with E-state index in [-0.39, 0.29) is 0 Å². The molecule has 0 saturated heterocycles. The zero-order chi connectivity index (χ0) is 13.5. The standard InChI is InChI=1S/C15H29N3/c1-6-14-10-15(18(5)17-14)11-16-13(4)9-7-8-12(2)3/h10,12-13,16H,6-9,11H2,1-5H3. The molecule has 3 nitrogen and oxygen atoms in total. The van der Waals surface area contributed by atoms with E-state index in [0.29, 0.717) is 6.04 Å². The van der Waals surface area contributed by atoms with Crippen molar-refractivity contribution in [3.8, 4) is 0 Å². The average molecular weight is 251 g/mol.